The molecule has 110 valence electrons. The van der Waals surface area contributed by atoms with E-state index >= 15 is 0 Å². The number of aromatic nitrogens is 2. The van der Waals surface area contributed by atoms with E-state index in [0.29, 0.717) is 19.0 Å². The minimum absolute atomic E-state index is 0.00984. The van der Waals surface area contributed by atoms with E-state index < -0.39 is 0 Å². The summed E-state index contributed by atoms with van der Waals surface area (Å²) < 4.78 is 0. The zero-order valence-corrected chi connectivity index (χ0v) is 12.2. The number of hydrogen-bond donors (Lipinski definition) is 3. The Kier molecular flexibility index (Phi) is 4.11. The molecule has 0 unspecified atom stereocenters. The van der Waals surface area contributed by atoms with Crippen molar-refractivity contribution in [3.05, 3.63) is 17.7 Å². The summed E-state index contributed by atoms with van der Waals surface area (Å²) >= 11 is 0. The van der Waals surface area contributed by atoms with E-state index in [-0.39, 0.29) is 28.6 Å². The predicted octanol–water partition coefficient (Wildman–Crippen LogP) is 1.33. The van der Waals surface area contributed by atoms with Gasteiger partial charge in [0.05, 0.1) is 6.33 Å². The lowest BCUT2D eigenvalue weighted by Gasteiger charge is -2.18. The largest absolute Gasteiger partial charge is 0.350 e. The van der Waals surface area contributed by atoms with Crippen LogP contribution in [0.1, 0.15) is 54.6 Å². The first kappa shape index (κ1) is 14.6. The van der Waals surface area contributed by atoms with Crippen LogP contribution in [0.2, 0.25) is 0 Å². The molecule has 1 aliphatic rings. The average molecular weight is 278 g/mol. The number of nitrogens with one attached hydrogen (secondary N) is 3. The summed E-state index contributed by atoms with van der Waals surface area (Å²) in [6.45, 7) is 7.29. The number of H-pyrrole nitrogens is 1. The van der Waals surface area contributed by atoms with Crippen molar-refractivity contribution in [3.8, 4) is 0 Å². The zero-order valence-electron chi connectivity index (χ0n) is 12.2. The van der Waals surface area contributed by atoms with Crippen LogP contribution in [-0.4, -0.2) is 34.9 Å². The van der Waals surface area contributed by atoms with Gasteiger partial charge < -0.3 is 15.6 Å². The second kappa shape index (κ2) is 5.64. The fourth-order valence-electron chi connectivity index (χ4n) is 1.72. The maximum Gasteiger partial charge on any atom is 0.272 e. The molecule has 0 aliphatic heterocycles. The second-order valence-electron chi connectivity index (χ2n) is 6.52. The number of rotatable bonds is 5. The highest BCUT2D eigenvalue weighted by atomic mass is 16.2. The van der Waals surface area contributed by atoms with Gasteiger partial charge in [-0.1, -0.05) is 20.8 Å². The molecule has 1 aromatic rings. The number of nitrogens with zero attached hydrogens (tertiary/aromatic N) is 1. The minimum atomic E-state index is -0.297. The summed E-state index contributed by atoms with van der Waals surface area (Å²) in [7, 11) is 0. The van der Waals surface area contributed by atoms with Gasteiger partial charge >= 0.3 is 0 Å². The van der Waals surface area contributed by atoms with Crippen molar-refractivity contribution in [3.63, 3.8) is 0 Å². The van der Waals surface area contributed by atoms with Gasteiger partial charge in [0.25, 0.3) is 11.8 Å². The number of carbonyl (C=O) groups is 2. The first-order valence-electron chi connectivity index (χ1n) is 6.96. The first-order valence-corrected chi connectivity index (χ1v) is 6.96. The normalized spacial score (nSPS) is 14.9. The van der Waals surface area contributed by atoms with Gasteiger partial charge in [-0.2, -0.15) is 0 Å². The molecule has 6 nitrogen and oxygen atoms in total. The van der Waals surface area contributed by atoms with E-state index in [1.807, 2.05) is 20.8 Å². The van der Waals surface area contributed by atoms with Crippen LogP contribution in [0.3, 0.4) is 0 Å². The SMILES string of the molecule is CC(C)(C)CNC(=O)c1[nH]cnc1C(=O)NCC1CC1. The molecule has 0 radical (unpaired) electrons. The maximum absolute atomic E-state index is 12.1. The molecule has 6 heteroatoms. The molecular formula is C14H22N4O2. The minimum Gasteiger partial charge on any atom is -0.350 e. The second-order valence-corrected chi connectivity index (χ2v) is 6.52. The number of hydrogen-bond acceptors (Lipinski definition) is 3. The van der Waals surface area contributed by atoms with Crippen LogP contribution in [-0.2, 0) is 0 Å². The van der Waals surface area contributed by atoms with Gasteiger partial charge in [0.2, 0.25) is 0 Å². The molecule has 1 saturated carbocycles. The summed E-state index contributed by atoms with van der Waals surface area (Å²) in [5.74, 6) is 0.00381. The molecule has 1 fully saturated rings. The fourth-order valence-corrected chi connectivity index (χ4v) is 1.72. The molecule has 3 N–H and O–H groups in total. The van der Waals surface area contributed by atoms with Crippen molar-refractivity contribution in [1.29, 1.82) is 0 Å². The van der Waals surface area contributed by atoms with Crippen molar-refractivity contribution in [1.82, 2.24) is 20.6 Å². The Hall–Kier alpha value is -1.85. The number of imidazole rings is 1. The lowest BCUT2D eigenvalue weighted by atomic mass is 9.97. The molecule has 2 rings (SSSR count). The van der Waals surface area contributed by atoms with E-state index in [9.17, 15) is 9.59 Å². The zero-order chi connectivity index (χ0) is 14.8. The standard InChI is InChI=1S/C14H22N4O2/c1-14(2,3)7-16-13(20)11-10(17-8-18-11)12(19)15-6-9-4-5-9/h8-9H,4-7H2,1-3H3,(H,15,19)(H,16,20)(H,17,18). The van der Waals surface area contributed by atoms with Gasteiger partial charge in [-0.05, 0) is 24.2 Å². The van der Waals surface area contributed by atoms with Crippen LogP contribution in [0.5, 0.6) is 0 Å². The molecule has 20 heavy (non-hydrogen) atoms. The van der Waals surface area contributed by atoms with Crippen molar-refractivity contribution in [2.45, 2.75) is 33.6 Å². The first-order chi connectivity index (χ1) is 9.37. The fraction of sp³-hybridized carbons (Fsp3) is 0.643. The smallest absolute Gasteiger partial charge is 0.272 e. The predicted molar refractivity (Wildman–Crippen MR) is 75.4 cm³/mol. The quantitative estimate of drug-likeness (QED) is 0.759. The van der Waals surface area contributed by atoms with Gasteiger partial charge in [-0.15, -0.1) is 0 Å². The summed E-state index contributed by atoms with van der Waals surface area (Å²) in [6, 6.07) is 0. The van der Waals surface area contributed by atoms with Crippen molar-refractivity contribution in [2.75, 3.05) is 13.1 Å². The Morgan fingerprint density at radius 1 is 1.30 bits per heavy atom. The highest BCUT2D eigenvalue weighted by Gasteiger charge is 2.25. The third-order valence-electron chi connectivity index (χ3n) is 3.11. The monoisotopic (exact) mass is 278 g/mol. The van der Waals surface area contributed by atoms with Crippen LogP contribution >= 0.6 is 0 Å². The van der Waals surface area contributed by atoms with Crippen LogP contribution in [0, 0.1) is 11.3 Å². The van der Waals surface area contributed by atoms with E-state index in [4.69, 9.17) is 0 Å². The van der Waals surface area contributed by atoms with Crippen LogP contribution in [0.4, 0.5) is 0 Å². The van der Waals surface area contributed by atoms with Crippen LogP contribution < -0.4 is 10.6 Å². The van der Waals surface area contributed by atoms with Gasteiger partial charge in [0.15, 0.2) is 5.69 Å². The third-order valence-corrected chi connectivity index (χ3v) is 3.11. The lowest BCUT2D eigenvalue weighted by Crippen LogP contribution is -2.34. The van der Waals surface area contributed by atoms with Crippen molar-refractivity contribution >= 4 is 11.8 Å². The Labute approximate surface area is 118 Å². The number of amides is 2. The summed E-state index contributed by atoms with van der Waals surface area (Å²) in [6.07, 6.45) is 3.71. The highest BCUT2D eigenvalue weighted by molar-refractivity contribution is 6.04. The van der Waals surface area contributed by atoms with Gasteiger partial charge in [0.1, 0.15) is 5.69 Å². The highest BCUT2D eigenvalue weighted by Crippen LogP contribution is 2.27. The molecule has 1 aliphatic carbocycles. The molecular weight excluding hydrogens is 256 g/mol. The van der Waals surface area contributed by atoms with E-state index in [2.05, 4.69) is 20.6 Å². The number of carbonyl (C=O) groups excluding carboxylic acids is 2. The molecule has 0 bridgehead atoms. The summed E-state index contributed by atoms with van der Waals surface area (Å²) in [5.41, 5.74) is 0.379. The Balaban J connectivity index is 1.95. The molecule has 0 aromatic carbocycles. The van der Waals surface area contributed by atoms with E-state index in [1.165, 1.54) is 19.2 Å². The molecule has 2 amide bonds. The molecule has 0 saturated heterocycles. The third kappa shape index (κ3) is 4.08. The Morgan fingerprint density at radius 3 is 2.60 bits per heavy atom. The molecule has 1 heterocycles. The average Bonchev–Trinajstić information content (AvgIpc) is 3.06. The Bertz CT molecular complexity index is 498. The summed E-state index contributed by atoms with van der Waals surface area (Å²) in [5, 5.41) is 5.62. The molecule has 1 aromatic heterocycles. The Morgan fingerprint density at radius 2 is 2.00 bits per heavy atom. The van der Waals surface area contributed by atoms with Crippen LogP contribution in [0.25, 0.3) is 0 Å². The number of aromatic amines is 1. The van der Waals surface area contributed by atoms with Crippen LogP contribution in [0.15, 0.2) is 6.33 Å². The maximum atomic E-state index is 12.1. The van der Waals surface area contributed by atoms with E-state index in [1.54, 1.807) is 0 Å². The van der Waals surface area contributed by atoms with Gasteiger partial charge in [-0.25, -0.2) is 4.98 Å². The van der Waals surface area contributed by atoms with E-state index in [0.717, 1.165) is 0 Å². The van der Waals surface area contributed by atoms with Gasteiger partial charge in [0, 0.05) is 13.1 Å². The molecule has 0 spiro atoms. The summed E-state index contributed by atoms with van der Waals surface area (Å²) in [4.78, 5) is 30.8. The lowest BCUT2D eigenvalue weighted by molar-refractivity contribution is 0.0905. The van der Waals surface area contributed by atoms with Crippen molar-refractivity contribution in [2.24, 2.45) is 11.3 Å². The molecule has 0 atom stereocenters. The topological polar surface area (TPSA) is 86.9 Å². The van der Waals surface area contributed by atoms with Gasteiger partial charge in [-0.3, -0.25) is 9.59 Å². The van der Waals surface area contributed by atoms with Crippen molar-refractivity contribution < 1.29 is 9.59 Å².